The maximum Gasteiger partial charge on any atom is 0.203 e. The minimum Gasteiger partial charge on any atom is -0.501 e. The molecule has 1 aliphatic rings. The smallest absolute Gasteiger partial charge is 0.203 e. The summed E-state index contributed by atoms with van der Waals surface area (Å²) in [4.78, 5) is 26.2. The lowest BCUT2D eigenvalue weighted by Crippen LogP contribution is -2.17. The van der Waals surface area contributed by atoms with Gasteiger partial charge in [-0.3, -0.25) is 9.59 Å². The maximum absolute atomic E-state index is 13.0. The van der Waals surface area contributed by atoms with Crippen molar-refractivity contribution in [1.82, 2.24) is 0 Å². The van der Waals surface area contributed by atoms with Crippen molar-refractivity contribution in [2.75, 3.05) is 26.1 Å². The number of alkyl halides is 1. The zero-order valence-corrected chi connectivity index (χ0v) is 16.5. The number of Topliss-reactive ketones (excluding diaryl/α,β-unsaturated/α-hetero) is 2. The topological polar surface area (TPSA) is 52.6 Å². The molecule has 7 heteroatoms. The summed E-state index contributed by atoms with van der Waals surface area (Å²) in [6.07, 6.45) is 4.65. The van der Waals surface area contributed by atoms with Crippen molar-refractivity contribution in [3.05, 3.63) is 34.0 Å². The van der Waals surface area contributed by atoms with E-state index in [-0.39, 0.29) is 35.2 Å². The summed E-state index contributed by atoms with van der Waals surface area (Å²) in [5.74, 6) is -0.484. The van der Waals surface area contributed by atoms with E-state index in [1.807, 2.05) is 6.26 Å². The van der Waals surface area contributed by atoms with Crippen molar-refractivity contribution in [1.29, 1.82) is 0 Å². The van der Waals surface area contributed by atoms with E-state index in [2.05, 4.69) is 15.9 Å². The van der Waals surface area contributed by atoms with Crippen LogP contribution in [0, 0.1) is 5.92 Å². The maximum atomic E-state index is 13.0. The first-order valence-corrected chi connectivity index (χ1v) is 10.0. The quantitative estimate of drug-likeness (QED) is 0.135. The van der Waals surface area contributed by atoms with Crippen molar-refractivity contribution < 1.29 is 23.5 Å². The highest BCUT2D eigenvalue weighted by atomic mass is 79.9. The second-order valence-electron chi connectivity index (χ2n) is 5.45. The molecule has 0 aromatic heterocycles. The Hall–Kier alpha value is -1.34. The van der Waals surface area contributed by atoms with Crippen molar-refractivity contribution in [3.8, 4) is 5.75 Å². The molecule has 2 rings (SSSR count). The van der Waals surface area contributed by atoms with E-state index in [0.717, 1.165) is 17.3 Å². The molecule has 1 aliphatic carbocycles. The van der Waals surface area contributed by atoms with Gasteiger partial charge in [0.25, 0.3) is 0 Å². The number of thioether (sulfide) groups is 1. The average molecular weight is 431 g/mol. The average Bonchev–Trinajstić information content (AvgIpc) is 3.44. The van der Waals surface area contributed by atoms with Crippen molar-refractivity contribution in [2.45, 2.75) is 24.7 Å². The highest BCUT2D eigenvalue weighted by Gasteiger charge is 2.36. The largest absolute Gasteiger partial charge is 0.501 e. The molecule has 0 radical (unpaired) electrons. The summed E-state index contributed by atoms with van der Waals surface area (Å²) < 4.78 is 24.1. The predicted molar refractivity (Wildman–Crippen MR) is 99.2 cm³/mol. The molecular weight excluding hydrogens is 411 g/mol. The molecule has 1 fully saturated rings. The van der Waals surface area contributed by atoms with Gasteiger partial charge in [0, 0.05) is 10.4 Å². The van der Waals surface area contributed by atoms with E-state index in [0.29, 0.717) is 11.5 Å². The molecule has 0 unspecified atom stereocenters. The number of carbonyl (C=O) groups excluding carboxylic acids is 2. The minimum atomic E-state index is -0.670. The SMILES string of the molecule is CCOC=C(C(=O)c1ccc(Br)c(SC)c1OCCF)C(=O)C1CC1. The van der Waals surface area contributed by atoms with Gasteiger partial charge in [0.05, 0.1) is 23.3 Å². The highest BCUT2D eigenvalue weighted by molar-refractivity contribution is 9.10. The fourth-order valence-electron chi connectivity index (χ4n) is 2.29. The van der Waals surface area contributed by atoms with E-state index < -0.39 is 12.5 Å². The molecule has 0 N–H and O–H groups in total. The summed E-state index contributed by atoms with van der Waals surface area (Å²) in [6.45, 7) is 1.31. The van der Waals surface area contributed by atoms with Crippen molar-refractivity contribution >= 4 is 39.3 Å². The van der Waals surface area contributed by atoms with E-state index in [9.17, 15) is 14.0 Å². The molecule has 0 amide bonds. The first kappa shape index (κ1) is 20.0. The number of hydrogen-bond donors (Lipinski definition) is 0. The molecule has 1 aromatic rings. The molecule has 0 heterocycles. The fourth-order valence-corrected chi connectivity index (χ4v) is 3.71. The summed E-state index contributed by atoms with van der Waals surface area (Å²) in [5, 5.41) is 0. The van der Waals surface area contributed by atoms with Gasteiger partial charge in [0.15, 0.2) is 5.78 Å². The molecule has 1 aromatic carbocycles. The Morgan fingerprint density at radius 2 is 2.12 bits per heavy atom. The molecule has 0 aliphatic heterocycles. The molecule has 0 spiro atoms. The van der Waals surface area contributed by atoms with Gasteiger partial charge >= 0.3 is 0 Å². The van der Waals surface area contributed by atoms with Crippen LogP contribution in [0.4, 0.5) is 4.39 Å². The fraction of sp³-hybridized carbons (Fsp3) is 0.444. The van der Waals surface area contributed by atoms with Gasteiger partial charge in [-0.15, -0.1) is 11.8 Å². The Balaban J connectivity index is 2.45. The van der Waals surface area contributed by atoms with E-state index in [1.54, 1.807) is 19.1 Å². The molecule has 4 nitrogen and oxygen atoms in total. The van der Waals surface area contributed by atoms with E-state index in [4.69, 9.17) is 9.47 Å². The van der Waals surface area contributed by atoms with Crippen LogP contribution in [0.15, 0.2) is 33.3 Å². The summed E-state index contributed by atoms with van der Waals surface area (Å²) in [5.41, 5.74) is 0.254. The summed E-state index contributed by atoms with van der Waals surface area (Å²) in [7, 11) is 0. The summed E-state index contributed by atoms with van der Waals surface area (Å²) in [6, 6.07) is 3.31. The zero-order valence-electron chi connectivity index (χ0n) is 14.1. The predicted octanol–water partition coefficient (Wildman–Crippen LogP) is 4.60. The first-order chi connectivity index (χ1) is 12.0. The third-order valence-corrected chi connectivity index (χ3v) is 5.40. The Morgan fingerprint density at radius 3 is 2.68 bits per heavy atom. The number of rotatable bonds is 10. The van der Waals surface area contributed by atoms with Crippen LogP contribution in [0.5, 0.6) is 5.75 Å². The molecule has 25 heavy (non-hydrogen) atoms. The molecule has 1 saturated carbocycles. The Morgan fingerprint density at radius 1 is 1.40 bits per heavy atom. The number of ether oxygens (including phenoxy) is 2. The Bertz CT molecular complexity index is 686. The normalized spacial score (nSPS) is 14.3. The Labute approximate surface area is 159 Å². The molecule has 0 saturated heterocycles. The van der Waals surface area contributed by atoms with Gasteiger partial charge in [-0.2, -0.15) is 0 Å². The van der Waals surface area contributed by atoms with Gasteiger partial charge < -0.3 is 9.47 Å². The first-order valence-electron chi connectivity index (χ1n) is 8.01. The van der Waals surface area contributed by atoms with Crippen molar-refractivity contribution in [3.63, 3.8) is 0 Å². The van der Waals surface area contributed by atoms with Crippen LogP contribution < -0.4 is 4.74 Å². The highest BCUT2D eigenvalue weighted by Crippen LogP contribution is 2.40. The lowest BCUT2D eigenvalue weighted by molar-refractivity contribution is -0.116. The van der Waals surface area contributed by atoms with Gasteiger partial charge in [-0.05, 0) is 54.1 Å². The zero-order chi connectivity index (χ0) is 18.4. The lowest BCUT2D eigenvalue weighted by Gasteiger charge is -2.15. The van der Waals surface area contributed by atoms with Crippen LogP contribution in [0.25, 0.3) is 0 Å². The summed E-state index contributed by atoms with van der Waals surface area (Å²) >= 11 is 4.79. The number of allylic oxidation sites excluding steroid dienone is 1. The Kier molecular flexibility index (Phi) is 7.50. The van der Waals surface area contributed by atoms with Gasteiger partial charge in [-0.1, -0.05) is 0 Å². The molecular formula is C18H20BrFO4S. The van der Waals surface area contributed by atoms with Crippen LogP contribution in [-0.4, -0.2) is 37.7 Å². The van der Waals surface area contributed by atoms with E-state index >= 15 is 0 Å². The number of hydrogen-bond acceptors (Lipinski definition) is 5. The molecule has 0 atom stereocenters. The van der Waals surface area contributed by atoms with Crippen LogP contribution in [-0.2, 0) is 9.53 Å². The minimum absolute atomic E-state index is 0.0174. The third kappa shape index (κ3) is 4.85. The standard InChI is InChI=1S/C18H20BrFO4S/c1-3-23-10-13(15(21)11-4-5-11)16(22)12-6-7-14(19)18(25-2)17(12)24-9-8-20/h6-7,10-11H,3-5,8-9H2,1-2H3. The van der Waals surface area contributed by atoms with Gasteiger partial charge in [0.1, 0.15) is 24.6 Å². The van der Waals surface area contributed by atoms with Crippen LogP contribution in [0.2, 0.25) is 0 Å². The second kappa shape index (κ2) is 9.38. The monoisotopic (exact) mass is 430 g/mol. The van der Waals surface area contributed by atoms with Crippen LogP contribution in [0.3, 0.4) is 0 Å². The third-order valence-electron chi connectivity index (χ3n) is 3.66. The van der Waals surface area contributed by atoms with E-state index in [1.165, 1.54) is 18.0 Å². The molecule has 136 valence electrons. The number of benzene rings is 1. The van der Waals surface area contributed by atoms with Crippen molar-refractivity contribution in [2.24, 2.45) is 5.92 Å². The number of ketones is 2. The number of carbonyl (C=O) groups is 2. The van der Waals surface area contributed by atoms with Gasteiger partial charge in [-0.25, -0.2) is 4.39 Å². The number of halogens is 2. The van der Waals surface area contributed by atoms with Gasteiger partial charge in [0.2, 0.25) is 5.78 Å². The van der Waals surface area contributed by atoms with Crippen LogP contribution in [0.1, 0.15) is 30.1 Å². The second-order valence-corrected chi connectivity index (χ2v) is 7.12. The lowest BCUT2D eigenvalue weighted by atomic mass is 9.98. The van der Waals surface area contributed by atoms with Crippen LogP contribution >= 0.6 is 27.7 Å². The molecule has 0 bridgehead atoms.